The third kappa shape index (κ3) is 3.15. The van der Waals surface area contributed by atoms with Crippen LogP contribution in [-0.2, 0) is 0 Å². The topological polar surface area (TPSA) is 26.0 Å². The van der Waals surface area contributed by atoms with Gasteiger partial charge in [0.25, 0.3) is 0 Å². The summed E-state index contributed by atoms with van der Waals surface area (Å²) in [7, 11) is 0. The molecule has 0 aromatic heterocycles. The smallest absolute Gasteiger partial charge is 0.00115 e. The van der Waals surface area contributed by atoms with Crippen LogP contribution in [0.4, 0.5) is 0 Å². The molecule has 1 aliphatic carbocycles. The Morgan fingerprint density at radius 1 is 1.38 bits per heavy atom. The fourth-order valence-electron chi connectivity index (χ4n) is 2.30. The van der Waals surface area contributed by atoms with Crippen molar-refractivity contribution < 1.29 is 0 Å². The summed E-state index contributed by atoms with van der Waals surface area (Å²) < 4.78 is 0. The van der Waals surface area contributed by atoms with Crippen molar-refractivity contribution in [3.05, 3.63) is 12.7 Å². The molecule has 0 bridgehead atoms. The second kappa shape index (κ2) is 4.80. The highest BCUT2D eigenvalue weighted by atomic mass is 14.6. The van der Waals surface area contributed by atoms with E-state index in [9.17, 15) is 0 Å². The number of nitrogens with two attached hydrogens (primary N) is 1. The van der Waals surface area contributed by atoms with Crippen LogP contribution in [0.15, 0.2) is 12.7 Å². The zero-order valence-corrected chi connectivity index (χ0v) is 8.89. The summed E-state index contributed by atoms with van der Waals surface area (Å²) in [6.07, 6.45) is 10.4. The van der Waals surface area contributed by atoms with Crippen LogP contribution in [0.25, 0.3) is 0 Å². The first kappa shape index (κ1) is 10.8. The van der Waals surface area contributed by atoms with E-state index in [1.54, 1.807) is 0 Å². The first-order chi connectivity index (χ1) is 6.20. The molecular formula is C12H23N. The van der Waals surface area contributed by atoms with Gasteiger partial charge >= 0.3 is 0 Å². The van der Waals surface area contributed by atoms with Gasteiger partial charge < -0.3 is 5.73 Å². The lowest BCUT2D eigenvalue weighted by Crippen LogP contribution is -2.28. The molecule has 0 spiro atoms. The molecule has 0 amide bonds. The average molecular weight is 181 g/mol. The Kier molecular flexibility index (Phi) is 3.98. The predicted molar refractivity (Wildman–Crippen MR) is 58.6 cm³/mol. The molecule has 1 atom stereocenters. The minimum absolute atomic E-state index is 0.183. The molecule has 1 aliphatic rings. The van der Waals surface area contributed by atoms with E-state index < -0.39 is 0 Å². The fourth-order valence-corrected chi connectivity index (χ4v) is 2.30. The SMILES string of the molecule is C=CC(C)(CN)CC1CCCCC1. The van der Waals surface area contributed by atoms with Crippen LogP contribution in [0.1, 0.15) is 45.4 Å². The van der Waals surface area contributed by atoms with Crippen LogP contribution in [0, 0.1) is 11.3 Å². The van der Waals surface area contributed by atoms with Gasteiger partial charge in [-0.05, 0) is 17.8 Å². The van der Waals surface area contributed by atoms with Crippen molar-refractivity contribution in [1.29, 1.82) is 0 Å². The van der Waals surface area contributed by atoms with Crippen molar-refractivity contribution in [3.63, 3.8) is 0 Å². The van der Waals surface area contributed by atoms with E-state index in [-0.39, 0.29) is 5.41 Å². The van der Waals surface area contributed by atoms with Crippen LogP contribution < -0.4 is 5.73 Å². The lowest BCUT2D eigenvalue weighted by molar-refractivity contribution is 0.253. The molecular weight excluding hydrogens is 158 g/mol. The zero-order chi connectivity index (χ0) is 9.73. The molecule has 76 valence electrons. The summed E-state index contributed by atoms with van der Waals surface area (Å²) in [5, 5.41) is 0. The maximum absolute atomic E-state index is 5.76. The zero-order valence-electron chi connectivity index (χ0n) is 8.89. The average Bonchev–Trinajstić information content (AvgIpc) is 2.19. The van der Waals surface area contributed by atoms with Gasteiger partial charge in [0.05, 0.1) is 0 Å². The van der Waals surface area contributed by atoms with E-state index >= 15 is 0 Å². The van der Waals surface area contributed by atoms with Crippen LogP contribution in [0.5, 0.6) is 0 Å². The Morgan fingerprint density at radius 2 is 2.00 bits per heavy atom. The van der Waals surface area contributed by atoms with E-state index in [4.69, 9.17) is 5.73 Å². The first-order valence-electron chi connectivity index (χ1n) is 5.54. The largest absolute Gasteiger partial charge is 0.330 e. The lowest BCUT2D eigenvalue weighted by Gasteiger charge is -2.31. The fraction of sp³-hybridized carbons (Fsp3) is 0.833. The maximum atomic E-state index is 5.76. The van der Waals surface area contributed by atoms with Crippen molar-refractivity contribution in [1.82, 2.24) is 0 Å². The molecule has 0 radical (unpaired) electrons. The van der Waals surface area contributed by atoms with Crippen LogP contribution in [0.2, 0.25) is 0 Å². The summed E-state index contributed by atoms with van der Waals surface area (Å²) >= 11 is 0. The van der Waals surface area contributed by atoms with Gasteiger partial charge in [0.1, 0.15) is 0 Å². The molecule has 1 heteroatoms. The highest BCUT2D eigenvalue weighted by Crippen LogP contribution is 2.34. The van der Waals surface area contributed by atoms with E-state index in [0.717, 1.165) is 12.5 Å². The molecule has 2 N–H and O–H groups in total. The van der Waals surface area contributed by atoms with Crippen LogP contribution in [0.3, 0.4) is 0 Å². The summed E-state index contributed by atoms with van der Waals surface area (Å²) in [6, 6.07) is 0. The molecule has 1 saturated carbocycles. The van der Waals surface area contributed by atoms with Crippen molar-refractivity contribution >= 4 is 0 Å². The standard InChI is InChI=1S/C12H23N/c1-3-12(2,10-13)9-11-7-5-4-6-8-11/h3,11H,1,4-10,13H2,2H3. The number of hydrogen-bond acceptors (Lipinski definition) is 1. The van der Waals surface area contributed by atoms with Crippen molar-refractivity contribution in [3.8, 4) is 0 Å². The van der Waals surface area contributed by atoms with E-state index in [0.29, 0.717) is 0 Å². The Balaban J connectivity index is 2.40. The normalized spacial score (nSPS) is 23.8. The molecule has 0 aromatic carbocycles. The summed E-state index contributed by atoms with van der Waals surface area (Å²) in [5.74, 6) is 0.903. The Bertz CT molecular complexity index is 159. The number of rotatable bonds is 4. The highest BCUT2D eigenvalue weighted by Gasteiger charge is 2.24. The van der Waals surface area contributed by atoms with Gasteiger partial charge in [0.15, 0.2) is 0 Å². The lowest BCUT2D eigenvalue weighted by atomic mass is 9.75. The second-order valence-electron chi connectivity index (χ2n) is 4.77. The van der Waals surface area contributed by atoms with Crippen molar-refractivity contribution in [2.75, 3.05) is 6.54 Å². The quantitative estimate of drug-likeness (QED) is 0.663. The van der Waals surface area contributed by atoms with Crippen molar-refractivity contribution in [2.45, 2.75) is 45.4 Å². The predicted octanol–water partition coefficient (Wildman–Crippen LogP) is 3.11. The van der Waals surface area contributed by atoms with Gasteiger partial charge in [-0.15, -0.1) is 6.58 Å². The third-order valence-electron chi connectivity index (χ3n) is 3.44. The summed E-state index contributed by atoms with van der Waals surface area (Å²) in [4.78, 5) is 0. The first-order valence-corrected chi connectivity index (χ1v) is 5.54. The van der Waals surface area contributed by atoms with Gasteiger partial charge in [-0.1, -0.05) is 45.1 Å². The van der Waals surface area contributed by atoms with Gasteiger partial charge in [-0.2, -0.15) is 0 Å². The third-order valence-corrected chi connectivity index (χ3v) is 3.44. The van der Waals surface area contributed by atoms with Gasteiger partial charge in [-0.25, -0.2) is 0 Å². The summed E-state index contributed by atoms with van der Waals surface area (Å²) in [6.45, 7) is 6.86. The molecule has 1 unspecified atom stereocenters. The Hall–Kier alpha value is -0.300. The summed E-state index contributed by atoms with van der Waals surface area (Å²) in [5.41, 5.74) is 5.95. The molecule has 0 aromatic rings. The molecule has 13 heavy (non-hydrogen) atoms. The Morgan fingerprint density at radius 3 is 2.46 bits per heavy atom. The molecule has 0 aliphatic heterocycles. The minimum Gasteiger partial charge on any atom is -0.330 e. The Labute approximate surface area is 82.4 Å². The maximum Gasteiger partial charge on any atom is 0.00115 e. The van der Waals surface area contributed by atoms with Crippen molar-refractivity contribution in [2.24, 2.45) is 17.1 Å². The van der Waals surface area contributed by atoms with E-state index in [2.05, 4.69) is 13.5 Å². The monoisotopic (exact) mass is 181 g/mol. The molecule has 0 heterocycles. The van der Waals surface area contributed by atoms with Crippen LogP contribution in [-0.4, -0.2) is 6.54 Å². The van der Waals surface area contributed by atoms with Gasteiger partial charge in [0.2, 0.25) is 0 Å². The van der Waals surface area contributed by atoms with E-state index in [1.165, 1.54) is 38.5 Å². The molecule has 1 nitrogen and oxygen atoms in total. The molecule has 0 saturated heterocycles. The highest BCUT2D eigenvalue weighted by molar-refractivity contribution is 4.93. The minimum atomic E-state index is 0.183. The number of hydrogen-bond donors (Lipinski definition) is 1. The van der Waals surface area contributed by atoms with Gasteiger partial charge in [0, 0.05) is 6.54 Å². The second-order valence-corrected chi connectivity index (χ2v) is 4.77. The molecule has 1 fully saturated rings. The van der Waals surface area contributed by atoms with E-state index in [1.807, 2.05) is 6.08 Å². The van der Waals surface area contributed by atoms with Gasteiger partial charge in [-0.3, -0.25) is 0 Å². The molecule has 1 rings (SSSR count). The van der Waals surface area contributed by atoms with Crippen LogP contribution >= 0.6 is 0 Å².